The van der Waals surface area contributed by atoms with Crippen LogP contribution in [0, 0.1) is 0 Å². The van der Waals surface area contributed by atoms with Crippen molar-refractivity contribution in [2.45, 2.75) is 38.5 Å². The number of methoxy groups -OCH3 is 1. The van der Waals surface area contributed by atoms with Gasteiger partial charge in [0.1, 0.15) is 5.75 Å². The molecule has 1 aliphatic rings. The highest BCUT2D eigenvalue weighted by Crippen LogP contribution is 2.21. The first-order chi connectivity index (χ1) is 9.83. The van der Waals surface area contributed by atoms with Crippen molar-refractivity contribution < 1.29 is 14.2 Å². The summed E-state index contributed by atoms with van der Waals surface area (Å²) in [5.74, 6) is 0.948. The summed E-state index contributed by atoms with van der Waals surface area (Å²) in [4.78, 5) is 0. The highest BCUT2D eigenvalue weighted by atomic mass is 16.7. The molecule has 1 fully saturated rings. The lowest BCUT2D eigenvalue weighted by atomic mass is 10.0. The molecule has 1 atom stereocenters. The van der Waals surface area contributed by atoms with Crippen LogP contribution in [0.5, 0.6) is 5.75 Å². The van der Waals surface area contributed by atoms with Gasteiger partial charge in [0.2, 0.25) is 0 Å². The van der Waals surface area contributed by atoms with Crippen LogP contribution in [0.3, 0.4) is 0 Å². The monoisotopic (exact) mass is 279 g/mol. The Morgan fingerprint density at radius 1 is 1.30 bits per heavy atom. The Balaban J connectivity index is 1.97. The Morgan fingerprint density at radius 2 is 2.05 bits per heavy atom. The maximum Gasteiger partial charge on any atom is 0.159 e. The summed E-state index contributed by atoms with van der Waals surface area (Å²) in [5, 5.41) is 3.58. The maximum atomic E-state index is 5.56. The van der Waals surface area contributed by atoms with E-state index < -0.39 is 0 Å². The zero-order chi connectivity index (χ0) is 14.2. The van der Waals surface area contributed by atoms with Crippen molar-refractivity contribution >= 4 is 0 Å². The van der Waals surface area contributed by atoms with E-state index in [2.05, 4.69) is 24.4 Å². The normalized spacial score (nSPS) is 17.3. The average molecular weight is 279 g/mol. The second-order valence-electron chi connectivity index (χ2n) is 5.07. The van der Waals surface area contributed by atoms with Gasteiger partial charge in [-0.2, -0.15) is 0 Å². The Bertz CT molecular complexity index is 391. The van der Waals surface area contributed by atoms with Crippen LogP contribution in [-0.2, 0) is 15.9 Å². The summed E-state index contributed by atoms with van der Waals surface area (Å²) in [5.41, 5.74) is 1.22. The molecule has 0 spiro atoms. The summed E-state index contributed by atoms with van der Waals surface area (Å²) in [6, 6.07) is 8.52. The van der Waals surface area contributed by atoms with Crippen molar-refractivity contribution in [1.82, 2.24) is 5.32 Å². The fourth-order valence-electron chi connectivity index (χ4n) is 2.50. The van der Waals surface area contributed by atoms with Crippen LogP contribution in [0.25, 0.3) is 0 Å². The average Bonchev–Trinajstić information content (AvgIpc) is 2.98. The number of rotatable bonds is 8. The lowest BCUT2D eigenvalue weighted by Gasteiger charge is -2.22. The van der Waals surface area contributed by atoms with Gasteiger partial charge in [0.25, 0.3) is 0 Å². The van der Waals surface area contributed by atoms with Crippen LogP contribution in [0.1, 0.15) is 25.3 Å². The summed E-state index contributed by atoms with van der Waals surface area (Å²) < 4.78 is 16.6. The molecule has 1 aromatic carbocycles. The Morgan fingerprint density at radius 3 is 2.75 bits per heavy atom. The van der Waals surface area contributed by atoms with Crippen molar-refractivity contribution in [1.29, 1.82) is 0 Å². The van der Waals surface area contributed by atoms with Gasteiger partial charge in [0, 0.05) is 12.5 Å². The highest BCUT2D eigenvalue weighted by molar-refractivity contribution is 5.33. The molecule has 0 bridgehead atoms. The van der Waals surface area contributed by atoms with E-state index in [0.29, 0.717) is 19.3 Å². The molecule has 1 saturated heterocycles. The lowest BCUT2D eigenvalue weighted by Crippen LogP contribution is -2.35. The second kappa shape index (κ2) is 8.25. The molecule has 0 aromatic heterocycles. The van der Waals surface area contributed by atoms with E-state index in [-0.39, 0.29) is 6.29 Å². The van der Waals surface area contributed by atoms with E-state index >= 15 is 0 Å². The zero-order valence-corrected chi connectivity index (χ0v) is 12.4. The van der Waals surface area contributed by atoms with Crippen LogP contribution in [0.2, 0.25) is 0 Å². The molecule has 112 valence electrons. The molecule has 1 N–H and O–H groups in total. The molecule has 0 saturated carbocycles. The first kappa shape index (κ1) is 15.3. The summed E-state index contributed by atoms with van der Waals surface area (Å²) in [6.07, 6.45) is 2.85. The molecule has 20 heavy (non-hydrogen) atoms. The standard InChI is InChI=1S/C16H25NO3/c1-3-8-17-14(12-16-19-9-10-20-16)11-13-6-4-5-7-15(13)18-2/h4-7,14,16-17H,3,8-12H2,1-2H3. The molecule has 0 amide bonds. The van der Waals surface area contributed by atoms with Gasteiger partial charge in [-0.25, -0.2) is 0 Å². The lowest BCUT2D eigenvalue weighted by molar-refractivity contribution is -0.0526. The van der Waals surface area contributed by atoms with Gasteiger partial charge in [-0.05, 0) is 31.0 Å². The number of ether oxygens (including phenoxy) is 3. The van der Waals surface area contributed by atoms with Crippen LogP contribution < -0.4 is 10.1 Å². The zero-order valence-electron chi connectivity index (χ0n) is 12.4. The molecule has 1 aromatic rings. The van der Waals surface area contributed by atoms with Gasteiger partial charge >= 0.3 is 0 Å². The molecule has 1 aliphatic heterocycles. The summed E-state index contributed by atoms with van der Waals surface area (Å²) in [7, 11) is 1.72. The van der Waals surface area contributed by atoms with E-state index in [1.807, 2.05) is 12.1 Å². The van der Waals surface area contributed by atoms with Crippen LogP contribution in [0.15, 0.2) is 24.3 Å². The second-order valence-corrected chi connectivity index (χ2v) is 5.07. The van der Waals surface area contributed by atoms with E-state index in [9.17, 15) is 0 Å². The van der Waals surface area contributed by atoms with Crippen LogP contribution in [-0.4, -0.2) is 39.2 Å². The third-order valence-electron chi connectivity index (χ3n) is 3.51. The van der Waals surface area contributed by atoms with Gasteiger partial charge in [0.05, 0.1) is 20.3 Å². The Labute approximate surface area is 121 Å². The van der Waals surface area contributed by atoms with Crippen LogP contribution in [0.4, 0.5) is 0 Å². The highest BCUT2D eigenvalue weighted by Gasteiger charge is 2.22. The Hall–Kier alpha value is -1.10. The summed E-state index contributed by atoms with van der Waals surface area (Å²) >= 11 is 0. The van der Waals surface area contributed by atoms with Crippen molar-refractivity contribution in [2.24, 2.45) is 0 Å². The van der Waals surface area contributed by atoms with Crippen molar-refractivity contribution in [3.63, 3.8) is 0 Å². The van der Waals surface area contributed by atoms with Gasteiger partial charge in [-0.3, -0.25) is 0 Å². The third-order valence-corrected chi connectivity index (χ3v) is 3.51. The third kappa shape index (κ3) is 4.47. The van der Waals surface area contributed by atoms with E-state index in [1.54, 1.807) is 7.11 Å². The summed E-state index contributed by atoms with van der Waals surface area (Å²) in [6.45, 7) is 4.60. The van der Waals surface area contributed by atoms with Crippen molar-refractivity contribution in [3.05, 3.63) is 29.8 Å². The quantitative estimate of drug-likeness (QED) is 0.793. The number of hydrogen-bond donors (Lipinski definition) is 1. The molecule has 4 nitrogen and oxygen atoms in total. The van der Waals surface area contributed by atoms with Gasteiger partial charge in [0.15, 0.2) is 6.29 Å². The van der Waals surface area contributed by atoms with Crippen LogP contribution >= 0.6 is 0 Å². The maximum absolute atomic E-state index is 5.56. The van der Waals surface area contributed by atoms with Crippen molar-refractivity contribution in [2.75, 3.05) is 26.9 Å². The Kier molecular flexibility index (Phi) is 6.30. The largest absolute Gasteiger partial charge is 0.496 e. The topological polar surface area (TPSA) is 39.7 Å². The molecule has 1 heterocycles. The van der Waals surface area contributed by atoms with Crippen molar-refractivity contribution in [3.8, 4) is 5.75 Å². The smallest absolute Gasteiger partial charge is 0.159 e. The van der Waals surface area contributed by atoms with Gasteiger partial charge in [-0.15, -0.1) is 0 Å². The molecular formula is C16H25NO3. The predicted octanol–water partition coefficient (Wildman–Crippen LogP) is 2.37. The predicted molar refractivity (Wildman–Crippen MR) is 79.1 cm³/mol. The molecule has 0 radical (unpaired) electrons. The number of hydrogen-bond acceptors (Lipinski definition) is 4. The first-order valence-corrected chi connectivity index (χ1v) is 7.42. The minimum Gasteiger partial charge on any atom is -0.496 e. The molecule has 2 rings (SSSR count). The number of nitrogens with one attached hydrogen (secondary N) is 1. The van der Waals surface area contributed by atoms with E-state index in [4.69, 9.17) is 14.2 Å². The fourth-order valence-corrected chi connectivity index (χ4v) is 2.50. The first-order valence-electron chi connectivity index (χ1n) is 7.42. The number of benzene rings is 1. The van der Waals surface area contributed by atoms with Gasteiger partial charge < -0.3 is 19.5 Å². The van der Waals surface area contributed by atoms with E-state index in [0.717, 1.165) is 31.6 Å². The SMILES string of the molecule is CCCNC(Cc1ccccc1OC)CC1OCCO1. The molecule has 4 heteroatoms. The fraction of sp³-hybridized carbons (Fsp3) is 0.625. The minimum atomic E-state index is -0.0703. The molecule has 0 aliphatic carbocycles. The minimum absolute atomic E-state index is 0.0703. The number of para-hydroxylation sites is 1. The van der Waals surface area contributed by atoms with E-state index in [1.165, 1.54) is 5.56 Å². The molecule has 1 unspecified atom stereocenters. The van der Waals surface area contributed by atoms with Gasteiger partial charge in [-0.1, -0.05) is 25.1 Å². The molecular weight excluding hydrogens is 254 g/mol.